The number of aryl methyl sites for hydroxylation is 1. The number of nitro groups is 1. The lowest BCUT2D eigenvalue weighted by Crippen LogP contribution is -2.06. The quantitative estimate of drug-likeness (QED) is 0.125. The Kier molecular flexibility index (Phi) is 8.54. The summed E-state index contributed by atoms with van der Waals surface area (Å²) in [5.74, 6) is 1.06. The van der Waals surface area contributed by atoms with Crippen molar-refractivity contribution in [1.82, 2.24) is 0 Å². The molecule has 0 aliphatic rings. The maximum absolute atomic E-state index is 12.9. The van der Waals surface area contributed by atoms with Gasteiger partial charge in [0, 0.05) is 6.07 Å². The molecule has 184 valence electrons. The Bertz CT molecular complexity index is 1250. The van der Waals surface area contributed by atoms with E-state index >= 15 is 0 Å². The fourth-order valence-corrected chi connectivity index (χ4v) is 3.93. The molecule has 7 nitrogen and oxygen atoms in total. The Balaban J connectivity index is 1.80. The normalized spacial score (nSPS) is 11.5. The van der Waals surface area contributed by atoms with E-state index in [1.807, 2.05) is 38.1 Å². The highest BCUT2D eigenvalue weighted by Crippen LogP contribution is 2.36. The van der Waals surface area contributed by atoms with Crippen LogP contribution in [0, 0.1) is 20.6 Å². The molecule has 0 atom stereocenters. The van der Waals surface area contributed by atoms with Crippen LogP contribution in [-0.2, 0) is 12.8 Å². The van der Waals surface area contributed by atoms with Crippen LogP contribution in [0.1, 0.15) is 29.2 Å². The fourth-order valence-electron chi connectivity index (χ4n) is 3.15. The van der Waals surface area contributed by atoms with Crippen LogP contribution in [0.15, 0.2) is 59.7 Å². The maximum Gasteiger partial charge on any atom is 0.416 e. The third kappa shape index (κ3) is 7.07. The number of alkyl halides is 3. The zero-order chi connectivity index (χ0) is 25.6. The van der Waals surface area contributed by atoms with Gasteiger partial charge >= 0.3 is 6.18 Å². The number of hydrazone groups is 1. The topological polar surface area (TPSA) is 86.0 Å². The molecule has 3 aromatic rings. The first-order valence-corrected chi connectivity index (χ1v) is 11.5. The van der Waals surface area contributed by atoms with Gasteiger partial charge in [-0.1, -0.05) is 29.8 Å². The molecular formula is C24H21F3IN3O4. The second-order valence-corrected chi connectivity index (χ2v) is 8.56. The third-order valence-electron chi connectivity index (χ3n) is 4.72. The molecule has 0 bridgehead atoms. The van der Waals surface area contributed by atoms with Gasteiger partial charge in [0.05, 0.1) is 26.9 Å². The SMILES string of the molecule is CCOc1cc(/C=N\Nc2ccc(C(F)(F)F)cc2[N+](=O)[O-])cc(I)c1OCc1cccc(C)c1. The summed E-state index contributed by atoms with van der Waals surface area (Å²) in [5.41, 5.74) is 3.16. The van der Waals surface area contributed by atoms with Crippen molar-refractivity contribution in [2.24, 2.45) is 5.10 Å². The van der Waals surface area contributed by atoms with Crippen molar-refractivity contribution in [2.75, 3.05) is 12.0 Å². The molecule has 0 saturated heterocycles. The van der Waals surface area contributed by atoms with E-state index in [0.29, 0.717) is 36.3 Å². The van der Waals surface area contributed by atoms with E-state index in [2.05, 4.69) is 33.1 Å². The summed E-state index contributed by atoms with van der Waals surface area (Å²) in [4.78, 5) is 10.3. The molecule has 11 heteroatoms. The molecule has 0 aliphatic heterocycles. The Hall–Kier alpha value is -3.35. The van der Waals surface area contributed by atoms with Crippen molar-refractivity contribution in [3.05, 3.63) is 90.5 Å². The van der Waals surface area contributed by atoms with Gasteiger partial charge in [-0.3, -0.25) is 15.5 Å². The minimum atomic E-state index is -4.69. The van der Waals surface area contributed by atoms with Gasteiger partial charge in [0.25, 0.3) is 5.69 Å². The van der Waals surface area contributed by atoms with Gasteiger partial charge < -0.3 is 9.47 Å². The van der Waals surface area contributed by atoms with E-state index in [0.717, 1.165) is 26.8 Å². The minimum absolute atomic E-state index is 0.169. The number of anilines is 1. The van der Waals surface area contributed by atoms with Crippen LogP contribution in [0.5, 0.6) is 11.5 Å². The maximum atomic E-state index is 12.9. The summed E-state index contributed by atoms with van der Waals surface area (Å²) in [7, 11) is 0. The van der Waals surface area contributed by atoms with Gasteiger partial charge in [0.15, 0.2) is 11.5 Å². The molecule has 0 radical (unpaired) electrons. The first kappa shape index (κ1) is 26.3. The van der Waals surface area contributed by atoms with E-state index in [1.165, 1.54) is 6.21 Å². The average Bonchev–Trinajstić information content (AvgIpc) is 2.78. The molecule has 0 fully saturated rings. The second-order valence-electron chi connectivity index (χ2n) is 7.40. The Morgan fingerprint density at radius 2 is 1.91 bits per heavy atom. The second kappa shape index (κ2) is 11.4. The summed E-state index contributed by atoms with van der Waals surface area (Å²) >= 11 is 2.11. The van der Waals surface area contributed by atoms with Crippen molar-refractivity contribution < 1.29 is 27.6 Å². The molecule has 1 N–H and O–H groups in total. The van der Waals surface area contributed by atoms with E-state index in [-0.39, 0.29) is 5.69 Å². The molecule has 0 saturated carbocycles. The first-order chi connectivity index (χ1) is 16.6. The van der Waals surface area contributed by atoms with Gasteiger partial charge in [-0.05, 0) is 71.8 Å². The number of halogens is 4. The summed E-state index contributed by atoms with van der Waals surface area (Å²) in [6.45, 7) is 4.58. The van der Waals surface area contributed by atoms with Crippen LogP contribution >= 0.6 is 22.6 Å². The van der Waals surface area contributed by atoms with E-state index in [4.69, 9.17) is 9.47 Å². The summed E-state index contributed by atoms with van der Waals surface area (Å²) in [6.07, 6.45) is -3.31. The Morgan fingerprint density at radius 3 is 2.57 bits per heavy atom. The summed E-state index contributed by atoms with van der Waals surface area (Å²) < 4.78 is 51.1. The van der Waals surface area contributed by atoms with E-state index in [9.17, 15) is 23.3 Å². The van der Waals surface area contributed by atoms with Crippen molar-refractivity contribution in [3.63, 3.8) is 0 Å². The van der Waals surface area contributed by atoms with Gasteiger partial charge in [0.1, 0.15) is 12.3 Å². The van der Waals surface area contributed by atoms with Crippen molar-refractivity contribution in [1.29, 1.82) is 0 Å². The molecular weight excluding hydrogens is 578 g/mol. The minimum Gasteiger partial charge on any atom is -0.490 e. The van der Waals surface area contributed by atoms with E-state index in [1.54, 1.807) is 12.1 Å². The highest BCUT2D eigenvalue weighted by atomic mass is 127. The molecule has 3 aromatic carbocycles. The molecule has 0 spiro atoms. The van der Waals surface area contributed by atoms with E-state index < -0.39 is 22.4 Å². The fraction of sp³-hybridized carbons (Fsp3) is 0.208. The van der Waals surface area contributed by atoms with Crippen molar-refractivity contribution in [3.8, 4) is 11.5 Å². The Labute approximate surface area is 213 Å². The zero-order valence-corrected chi connectivity index (χ0v) is 20.9. The number of nitrogens with zero attached hydrogens (tertiary/aromatic N) is 2. The molecule has 35 heavy (non-hydrogen) atoms. The van der Waals surface area contributed by atoms with Gasteiger partial charge in [0.2, 0.25) is 0 Å². The van der Waals surface area contributed by atoms with Crippen LogP contribution in [-0.4, -0.2) is 17.7 Å². The lowest BCUT2D eigenvalue weighted by Gasteiger charge is -2.15. The highest BCUT2D eigenvalue weighted by molar-refractivity contribution is 14.1. The lowest BCUT2D eigenvalue weighted by atomic mass is 10.1. The largest absolute Gasteiger partial charge is 0.490 e. The molecule has 0 unspecified atom stereocenters. The molecule has 0 amide bonds. The number of rotatable bonds is 9. The zero-order valence-electron chi connectivity index (χ0n) is 18.7. The molecule has 0 aromatic heterocycles. The van der Waals surface area contributed by atoms with Crippen molar-refractivity contribution >= 4 is 40.2 Å². The predicted octanol–water partition coefficient (Wildman–Crippen LogP) is 6.95. The number of ether oxygens (including phenoxy) is 2. The van der Waals surface area contributed by atoms with Gasteiger partial charge in [-0.15, -0.1) is 0 Å². The standard InChI is InChI=1S/C24H21F3IN3O4/c1-3-34-22-11-17(10-19(28)23(22)35-14-16-6-4-5-15(2)9-16)13-29-30-20-8-7-18(24(25,26)27)12-21(20)31(32)33/h4-13,30H,3,14H2,1-2H3/b29-13-. The Morgan fingerprint density at radius 1 is 1.14 bits per heavy atom. The number of benzene rings is 3. The van der Waals surface area contributed by atoms with Crippen LogP contribution in [0.3, 0.4) is 0 Å². The molecule has 0 heterocycles. The summed E-state index contributed by atoms with van der Waals surface area (Å²) in [6, 6.07) is 13.6. The monoisotopic (exact) mass is 599 g/mol. The van der Waals surface area contributed by atoms with Gasteiger partial charge in [-0.2, -0.15) is 18.3 Å². The number of hydrogen-bond acceptors (Lipinski definition) is 6. The van der Waals surface area contributed by atoms with Crippen molar-refractivity contribution in [2.45, 2.75) is 26.6 Å². The molecule has 0 aliphatic carbocycles. The lowest BCUT2D eigenvalue weighted by molar-refractivity contribution is -0.384. The first-order valence-electron chi connectivity index (χ1n) is 10.4. The van der Waals surface area contributed by atoms with Crippen LogP contribution in [0.2, 0.25) is 0 Å². The average molecular weight is 599 g/mol. The van der Waals surface area contributed by atoms with Gasteiger partial charge in [-0.25, -0.2) is 0 Å². The van der Waals surface area contributed by atoms with Crippen LogP contribution in [0.25, 0.3) is 0 Å². The number of hydrogen-bond donors (Lipinski definition) is 1. The predicted molar refractivity (Wildman–Crippen MR) is 135 cm³/mol. The number of nitrogens with one attached hydrogen (secondary N) is 1. The highest BCUT2D eigenvalue weighted by Gasteiger charge is 2.33. The smallest absolute Gasteiger partial charge is 0.416 e. The van der Waals surface area contributed by atoms with Crippen LogP contribution < -0.4 is 14.9 Å². The third-order valence-corrected chi connectivity index (χ3v) is 5.52. The van der Waals surface area contributed by atoms with Crippen LogP contribution in [0.4, 0.5) is 24.5 Å². The molecule has 3 rings (SSSR count). The summed E-state index contributed by atoms with van der Waals surface area (Å²) in [5, 5.41) is 15.2. The number of nitro benzene ring substituents is 1.